The summed E-state index contributed by atoms with van der Waals surface area (Å²) >= 11 is 1.66. The topological polar surface area (TPSA) is 45.1 Å². The van der Waals surface area contributed by atoms with Gasteiger partial charge in [-0.3, -0.25) is 0 Å². The Kier molecular flexibility index (Phi) is 4.25. The number of hydrogen-bond acceptors (Lipinski definition) is 4. The number of nitrogens with zero attached hydrogens (tertiary/aromatic N) is 1. The maximum Gasteiger partial charge on any atom is 0.110 e. The normalized spacial score (nSPS) is 17.4. The molecule has 0 radical (unpaired) electrons. The lowest BCUT2D eigenvalue weighted by Crippen LogP contribution is -2.38. The van der Waals surface area contributed by atoms with Crippen LogP contribution in [-0.4, -0.2) is 22.2 Å². The largest absolute Gasteiger partial charge is 0.389 e. The highest BCUT2D eigenvalue weighted by molar-refractivity contribution is 7.09. The fourth-order valence-corrected chi connectivity index (χ4v) is 1.98. The molecule has 0 aromatic carbocycles. The van der Waals surface area contributed by atoms with Gasteiger partial charge in [-0.05, 0) is 27.2 Å². The molecule has 0 aliphatic carbocycles. The lowest BCUT2D eigenvalue weighted by Gasteiger charge is -2.23. The van der Waals surface area contributed by atoms with Crippen molar-refractivity contribution in [1.29, 1.82) is 0 Å². The Labute approximate surface area is 95.6 Å². The molecule has 1 rings (SSSR count). The van der Waals surface area contributed by atoms with Crippen LogP contribution in [0.15, 0.2) is 5.38 Å². The van der Waals surface area contributed by atoms with Gasteiger partial charge in [0.05, 0.1) is 11.6 Å². The van der Waals surface area contributed by atoms with Gasteiger partial charge in [0.15, 0.2) is 0 Å². The van der Waals surface area contributed by atoms with E-state index in [0.717, 1.165) is 17.1 Å². The molecule has 4 heteroatoms. The van der Waals surface area contributed by atoms with Crippen molar-refractivity contribution in [2.75, 3.05) is 6.54 Å². The third-order valence-electron chi connectivity index (χ3n) is 2.56. The molecule has 3 nitrogen and oxygen atoms in total. The van der Waals surface area contributed by atoms with Crippen LogP contribution in [0.4, 0.5) is 0 Å². The Bertz CT molecular complexity index is 309. The Balaban J connectivity index is 2.46. The number of aryl methyl sites for hydroxylation is 1. The predicted octanol–water partition coefficient (Wildman–Crippen LogP) is 2.26. The van der Waals surface area contributed by atoms with E-state index in [1.165, 1.54) is 0 Å². The van der Waals surface area contributed by atoms with E-state index in [1.54, 1.807) is 11.3 Å². The van der Waals surface area contributed by atoms with Gasteiger partial charge in [0.25, 0.3) is 0 Å². The number of nitrogens with one attached hydrogen (secondary N) is 1. The van der Waals surface area contributed by atoms with Gasteiger partial charge < -0.3 is 10.4 Å². The van der Waals surface area contributed by atoms with Crippen molar-refractivity contribution in [2.45, 2.75) is 45.8 Å². The average Bonchev–Trinajstić information content (AvgIpc) is 2.61. The maximum absolute atomic E-state index is 9.84. The summed E-state index contributed by atoms with van der Waals surface area (Å²) in [5.41, 5.74) is 0.437. The van der Waals surface area contributed by atoms with Crippen LogP contribution in [-0.2, 0) is 0 Å². The van der Waals surface area contributed by atoms with Gasteiger partial charge in [0, 0.05) is 17.6 Å². The first kappa shape index (κ1) is 12.6. The van der Waals surface area contributed by atoms with Crippen molar-refractivity contribution in [3.05, 3.63) is 16.1 Å². The van der Waals surface area contributed by atoms with E-state index in [2.05, 4.69) is 17.2 Å². The van der Waals surface area contributed by atoms with Gasteiger partial charge in [-0.25, -0.2) is 4.98 Å². The number of rotatable bonds is 5. The van der Waals surface area contributed by atoms with Crippen LogP contribution in [0.3, 0.4) is 0 Å². The zero-order chi connectivity index (χ0) is 11.5. The molecule has 0 amide bonds. The van der Waals surface area contributed by atoms with Crippen molar-refractivity contribution < 1.29 is 5.11 Å². The van der Waals surface area contributed by atoms with Crippen LogP contribution in [0.5, 0.6) is 0 Å². The second-order valence-corrected chi connectivity index (χ2v) is 5.17. The molecule has 0 aliphatic heterocycles. The highest BCUT2D eigenvalue weighted by atomic mass is 32.1. The SMILES string of the molecule is CCC(C)(O)CNC(C)c1nc(C)cs1. The van der Waals surface area contributed by atoms with Gasteiger partial charge in [-0.2, -0.15) is 0 Å². The van der Waals surface area contributed by atoms with Crippen LogP contribution >= 0.6 is 11.3 Å². The minimum atomic E-state index is -0.624. The molecule has 0 spiro atoms. The molecular formula is C11H20N2OS. The van der Waals surface area contributed by atoms with E-state index in [9.17, 15) is 5.11 Å². The molecule has 2 unspecified atom stereocenters. The monoisotopic (exact) mass is 228 g/mol. The fourth-order valence-electron chi connectivity index (χ4n) is 1.16. The number of hydrogen-bond donors (Lipinski definition) is 2. The van der Waals surface area contributed by atoms with Gasteiger partial charge in [0.2, 0.25) is 0 Å². The van der Waals surface area contributed by atoms with Crippen molar-refractivity contribution >= 4 is 11.3 Å². The van der Waals surface area contributed by atoms with Crippen molar-refractivity contribution in [3.8, 4) is 0 Å². The van der Waals surface area contributed by atoms with Gasteiger partial charge in [-0.1, -0.05) is 6.92 Å². The van der Waals surface area contributed by atoms with Crippen LogP contribution in [0.25, 0.3) is 0 Å². The van der Waals surface area contributed by atoms with Gasteiger partial charge in [-0.15, -0.1) is 11.3 Å². The minimum absolute atomic E-state index is 0.210. The maximum atomic E-state index is 9.84. The number of thiazole rings is 1. The van der Waals surface area contributed by atoms with E-state index in [4.69, 9.17) is 0 Å². The van der Waals surface area contributed by atoms with E-state index in [-0.39, 0.29) is 6.04 Å². The van der Waals surface area contributed by atoms with Crippen molar-refractivity contribution in [3.63, 3.8) is 0 Å². The zero-order valence-corrected chi connectivity index (χ0v) is 10.7. The van der Waals surface area contributed by atoms with Crippen molar-refractivity contribution in [2.24, 2.45) is 0 Å². The second kappa shape index (κ2) is 5.05. The molecule has 0 saturated heterocycles. The summed E-state index contributed by atoms with van der Waals surface area (Å²) in [6.07, 6.45) is 0.754. The van der Waals surface area contributed by atoms with Crippen LogP contribution in [0.2, 0.25) is 0 Å². The lowest BCUT2D eigenvalue weighted by molar-refractivity contribution is 0.0533. The number of aliphatic hydroxyl groups is 1. The molecule has 0 saturated carbocycles. The summed E-state index contributed by atoms with van der Waals surface area (Å²) < 4.78 is 0. The molecule has 1 aromatic rings. The molecular weight excluding hydrogens is 208 g/mol. The van der Waals surface area contributed by atoms with E-state index < -0.39 is 5.60 Å². The minimum Gasteiger partial charge on any atom is -0.389 e. The zero-order valence-electron chi connectivity index (χ0n) is 9.87. The van der Waals surface area contributed by atoms with E-state index >= 15 is 0 Å². The van der Waals surface area contributed by atoms with Gasteiger partial charge >= 0.3 is 0 Å². The quantitative estimate of drug-likeness (QED) is 0.812. The highest BCUT2D eigenvalue weighted by Gasteiger charge is 2.19. The summed E-state index contributed by atoms with van der Waals surface area (Å²) in [4.78, 5) is 4.41. The molecule has 86 valence electrons. The molecule has 0 aliphatic rings. The van der Waals surface area contributed by atoms with Crippen LogP contribution in [0, 0.1) is 6.92 Å². The first-order chi connectivity index (χ1) is 6.94. The predicted molar refractivity (Wildman–Crippen MR) is 64.2 cm³/mol. The Morgan fingerprint density at radius 3 is 2.80 bits per heavy atom. The molecule has 15 heavy (non-hydrogen) atoms. The molecule has 2 atom stereocenters. The Morgan fingerprint density at radius 2 is 2.33 bits per heavy atom. The highest BCUT2D eigenvalue weighted by Crippen LogP contribution is 2.18. The molecule has 0 fully saturated rings. The molecule has 0 bridgehead atoms. The third kappa shape index (κ3) is 3.89. The lowest BCUT2D eigenvalue weighted by atomic mass is 10.0. The van der Waals surface area contributed by atoms with Crippen LogP contribution < -0.4 is 5.32 Å². The number of aromatic nitrogens is 1. The second-order valence-electron chi connectivity index (χ2n) is 4.28. The van der Waals surface area contributed by atoms with Gasteiger partial charge in [0.1, 0.15) is 5.01 Å². The fraction of sp³-hybridized carbons (Fsp3) is 0.727. The molecule has 1 heterocycles. The Morgan fingerprint density at radius 1 is 1.67 bits per heavy atom. The summed E-state index contributed by atoms with van der Waals surface area (Å²) in [5, 5.41) is 16.3. The Hall–Kier alpha value is -0.450. The summed E-state index contributed by atoms with van der Waals surface area (Å²) in [6, 6.07) is 0.210. The molecule has 2 N–H and O–H groups in total. The smallest absolute Gasteiger partial charge is 0.110 e. The summed E-state index contributed by atoms with van der Waals surface area (Å²) in [6.45, 7) is 8.50. The third-order valence-corrected chi connectivity index (χ3v) is 3.70. The summed E-state index contributed by atoms with van der Waals surface area (Å²) in [5.74, 6) is 0. The van der Waals surface area contributed by atoms with E-state index in [0.29, 0.717) is 6.54 Å². The molecule has 1 aromatic heterocycles. The van der Waals surface area contributed by atoms with Crippen molar-refractivity contribution in [1.82, 2.24) is 10.3 Å². The first-order valence-electron chi connectivity index (χ1n) is 5.32. The first-order valence-corrected chi connectivity index (χ1v) is 6.20. The standard InChI is InChI=1S/C11H20N2OS/c1-5-11(4,14)7-12-9(3)10-13-8(2)6-15-10/h6,9,12,14H,5,7H2,1-4H3. The van der Waals surface area contributed by atoms with E-state index in [1.807, 2.05) is 26.2 Å². The average molecular weight is 228 g/mol. The van der Waals surface area contributed by atoms with Crippen LogP contribution in [0.1, 0.15) is 43.9 Å². The summed E-state index contributed by atoms with van der Waals surface area (Å²) in [7, 11) is 0.